The monoisotopic (exact) mass is 269 g/mol. The molecular formula is C13H13F2NOS. The SMILES string of the molecule is Cc1ccc(C(CN)Oc2ccc(F)cc2F)s1. The number of ether oxygens (including phenoxy) is 1. The van der Waals surface area contributed by atoms with Crippen LogP contribution in [0.1, 0.15) is 15.9 Å². The van der Waals surface area contributed by atoms with Gasteiger partial charge in [0.2, 0.25) is 0 Å². The first-order valence-corrected chi connectivity index (χ1v) is 6.30. The van der Waals surface area contributed by atoms with Crippen LogP contribution < -0.4 is 10.5 Å². The molecule has 0 saturated carbocycles. The van der Waals surface area contributed by atoms with Crippen LogP contribution in [0.25, 0.3) is 0 Å². The third-order valence-electron chi connectivity index (χ3n) is 2.46. The van der Waals surface area contributed by atoms with Crippen LogP contribution in [0, 0.1) is 18.6 Å². The molecule has 0 bridgehead atoms. The molecule has 2 N–H and O–H groups in total. The van der Waals surface area contributed by atoms with Crippen LogP contribution in [0.5, 0.6) is 5.75 Å². The topological polar surface area (TPSA) is 35.2 Å². The van der Waals surface area contributed by atoms with Crippen LogP contribution in [-0.2, 0) is 0 Å². The summed E-state index contributed by atoms with van der Waals surface area (Å²) in [5, 5.41) is 0. The van der Waals surface area contributed by atoms with Gasteiger partial charge in [-0.25, -0.2) is 8.78 Å². The standard InChI is InChI=1S/C13H13F2NOS/c1-8-2-5-13(18-8)12(7-16)17-11-4-3-9(14)6-10(11)15/h2-6,12H,7,16H2,1H3. The molecule has 1 aromatic carbocycles. The van der Waals surface area contributed by atoms with E-state index < -0.39 is 17.7 Å². The van der Waals surface area contributed by atoms with E-state index in [4.69, 9.17) is 10.5 Å². The van der Waals surface area contributed by atoms with Crippen LogP contribution >= 0.6 is 11.3 Å². The highest BCUT2D eigenvalue weighted by Gasteiger charge is 2.16. The summed E-state index contributed by atoms with van der Waals surface area (Å²) in [6.45, 7) is 2.21. The molecule has 0 fully saturated rings. The zero-order chi connectivity index (χ0) is 13.1. The van der Waals surface area contributed by atoms with Crippen molar-refractivity contribution in [2.24, 2.45) is 5.73 Å². The maximum absolute atomic E-state index is 13.5. The summed E-state index contributed by atoms with van der Waals surface area (Å²) < 4.78 is 31.7. The quantitative estimate of drug-likeness (QED) is 0.923. The molecule has 5 heteroatoms. The number of benzene rings is 1. The molecular weight excluding hydrogens is 256 g/mol. The van der Waals surface area contributed by atoms with Crippen molar-refractivity contribution in [2.45, 2.75) is 13.0 Å². The van der Waals surface area contributed by atoms with Gasteiger partial charge in [-0.15, -0.1) is 11.3 Å². The Kier molecular flexibility index (Phi) is 3.93. The van der Waals surface area contributed by atoms with E-state index in [-0.39, 0.29) is 12.3 Å². The molecule has 1 unspecified atom stereocenters. The fraction of sp³-hybridized carbons (Fsp3) is 0.231. The lowest BCUT2D eigenvalue weighted by Gasteiger charge is -2.16. The Morgan fingerprint density at radius 3 is 2.61 bits per heavy atom. The highest BCUT2D eigenvalue weighted by Crippen LogP contribution is 2.28. The van der Waals surface area contributed by atoms with E-state index >= 15 is 0 Å². The predicted molar refractivity (Wildman–Crippen MR) is 67.8 cm³/mol. The number of hydrogen-bond donors (Lipinski definition) is 1. The van der Waals surface area contributed by atoms with Gasteiger partial charge in [0.05, 0.1) is 0 Å². The Morgan fingerprint density at radius 1 is 1.28 bits per heavy atom. The molecule has 1 atom stereocenters. The summed E-state index contributed by atoms with van der Waals surface area (Å²) in [5.41, 5.74) is 5.63. The lowest BCUT2D eigenvalue weighted by molar-refractivity contribution is 0.207. The lowest BCUT2D eigenvalue weighted by Crippen LogP contribution is -2.17. The van der Waals surface area contributed by atoms with E-state index in [0.717, 1.165) is 21.9 Å². The van der Waals surface area contributed by atoms with Crippen molar-refractivity contribution in [3.63, 3.8) is 0 Å². The van der Waals surface area contributed by atoms with Gasteiger partial charge in [0.15, 0.2) is 11.6 Å². The number of hydrogen-bond acceptors (Lipinski definition) is 3. The predicted octanol–water partition coefficient (Wildman–Crippen LogP) is 3.41. The van der Waals surface area contributed by atoms with Crippen molar-refractivity contribution in [3.8, 4) is 5.75 Å². The Morgan fingerprint density at radius 2 is 2.06 bits per heavy atom. The van der Waals surface area contributed by atoms with Crippen LogP contribution in [0.15, 0.2) is 30.3 Å². The minimum Gasteiger partial charge on any atom is -0.480 e. The zero-order valence-electron chi connectivity index (χ0n) is 9.82. The fourth-order valence-electron chi connectivity index (χ4n) is 1.57. The number of halogens is 2. The maximum atomic E-state index is 13.5. The number of nitrogens with two attached hydrogens (primary N) is 1. The van der Waals surface area contributed by atoms with Gasteiger partial charge in [-0.05, 0) is 31.2 Å². The van der Waals surface area contributed by atoms with Gasteiger partial charge in [-0.2, -0.15) is 0 Å². The van der Waals surface area contributed by atoms with E-state index in [0.29, 0.717) is 0 Å². The van der Waals surface area contributed by atoms with Crippen molar-refractivity contribution in [3.05, 3.63) is 51.7 Å². The Bertz CT molecular complexity index is 542. The molecule has 1 aromatic heterocycles. The molecule has 96 valence electrons. The first-order chi connectivity index (χ1) is 8.60. The molecule has 2 nitrogen and oxygen atoms in total. The summed E-state index contributed by atoms with van der Waals surface area (Å²) in [6, 6.07) is 7.08. The third kappa shape index (κ3) is 2.86. The van der Waals surface area contributed by atoms with Gasteiger partial charge in [-0.3, -0.25) is 0 Å². The summed E-state index contributed by atoms with van der Waals surface area (Å²) in [5.74, 6) is -1.34. The Hall–Kier alpha value is -1.46. The van der Waals surface area contributed by atoms with Crippen molar-refractivity contribution < 1.29 is 13.5 Å². The molecule has 0 amide bonds. The van der Waals surface area contributed by atoms with E-state index in [1.54, 1.807) is 11.3 Å². The zero-order valence-corrected chi connectivity index (χ0v) is 10.6. The minimum atomic E-state index is -0.721. The molecule has 0 aliphatic carbocycles. The van der Waals surface area contributed by atoms with Crippen molar-refractivity contribution in [1.82, 2.24) is 0 Å². The van der Waals surface area contributed by atoms with Gasteiger partial charge in [0, 0.05) is 22.4 Å². The second-order valence-electron chi connectivity index (χ2n) is 3.87. The summed E-state index contributed by atoms with van der Waals surface area (Å²) >= 11 is 1.55. The van der Waals surface area contributed by atoms with Crippen LogP contribution in [0.3, 0.4) is 0 Å². The van der Waals surface area contributed by atoms with E-state index in [1.807, 2.05) is 19.1 Å². The second kappa shape index (κ2) is 5.46. The van der Waals surface area contributed by atoms with E-state index in [2.05, 4.69) is 0 Å². The molecule has 0 aliphatic heterocycles. The Balaban J connectivity index is 2.20. The van der Waals surface area contributed by atoms with Crippen LogP contribution in [0.2, 0.25) is 0 Å². The van der Waals surface area contributed by atoms with Gasteiger partial charge in [0.25, 0.3) is 0 Å². The van der Waals surface area contributed by atoms with Gasteiger partial charge >= 0.3 is 0 Å². The average Bonchev–Trinajstić information content (AvgIpc) is 2.75. The van der Waals surface area contributed by atoms with Crippen molar-refractivity contribution in [1.29, 1.82) is 0 Å². The lowest BCUT2D eigenvalue weighted by atomic mass is 10.2. The molecule has 0 saturated heterocycles. The fourth-order valence-corrected chi connectivity index (χ4v) is 2.49. The van der Waals surface area contributed by atoms with Gasteiger partial charge in [-0.1, -0.05) is 0 Å². The first-order valence-electron chi connectivity index (χ1n) is 5.48. The van der Waals surface area contributed by atoms with Crippen molar-refractivity contribution >= 4 is 11.3 Å². The van der Waals surface area contributed by atoms with Gasteiger partial charge in [0.1, 0.15) is 11.9 Å². The molecule has 0 radical (unpaired) electrons. The highest BCUT2D eigenvalue weighted by atomic mass is 32.1. The third-order valence-corrected chi connectivity index (χ3v) is 3.55. The van der Waals surface area contributed by atoms with Gasteiger partial charge < -0.3 is 10.5 Å². The summed E-state index contributed by atoms with van der Waals surface area (Å²) in [7, 11) is 0. The molecule has 0 aliphatic rings. The molecule has 0 spiro atoms. The molecule has 2 rings (SSSR count). The summed E-state index contributed by atoms with van der Waals surface area (Å²) in [6.07, 6.45) is -0.413. The van der Waals surface area contributed by atoms with Crippen LogP contribution in [0.4, 0.5) is 8.78 Å². The van der Waals surface area contributed by atoms with Crippen LogP contribution in [-0.4, -0.2) is 6.54 Å². The normalized spacial score (nSPS) is 12.4. The molecule has 1 heterocycles. The first kappa shape index (κ1) is 13.0. The number of thiophene rings is 1. The highest BCUT2D eigenvalue weighted by molar-refractivity contribution is 7.12. The average molecular weight is 269 g/mol. The summed E-state index contributed by atoms with van der Waals surface area (Å²) in [4.78, 5) is 2.06. The minimum absolute atomic E-state index is 0.0119. The van der Waals surface area contributed by atoms with Crippen molar-refractivity contribution in [2.75, 3.05) is 6.54 Å². The molecule has 2 aromatic rings. The number of aryl methyl sites for hydroxylation is 1. The smallest absolute Gasteiger partial charge is 0.168 e. The van der Waals surface area contributed by atoms with E-state index in [9.17, 15) is 8.78 Å². The maximum Gasteiger partial charge on any atom is 0.168 e. The van der Waals surface area contributed by atoms with E-state index in [1.165, 1.54) is 6.07 Å². The largest absolute Gasteiger partial charge is 0.480 e. The number of rotatable bonds is 4. The molecule has 18 heavy (non-hydrogen) atoms. The Labute approximate surface area is 108 Å². The second-order valence-corrected chi connectivity index (χ2v) is 5.18.